The minimum atomic E-state index is -3.89. The molecule has 0 bridgehead atoms. The van der Waals surface area contributed by atoms with E-state index in [1.54, 1.807) is 14.0 Å². The fourth-order valence-corrected chi connectivity index (χ4v) is 5.81. The summed E-state index contributed by atoms with van der Waals surface area (Å²) in [6.45, 7) is 1.80. The van der Waals surface area contributed by atoms with E-state index in [-0.39, 0.29) is 16.6 Å². The van der Waals surface area contributed by atoms with E-state index in [4.69, 9.17) is 11.6 Å². The Labute approximate surface area is 126 Å². The van der Waals surface area contributed by atoms with Gasteiger partial charge in [0, 0.05) is 19.3 Å². The first-order valence-electron chi connectivity index (χ1n) is 5.71. The highest BCUT2D eigenvalue weighted by Gasteiger charge is 2.43. The predicted octanol–water partition coefficient (Wildman–Crippen LogP) is 0.619. The molecule has 20 heavy (non-hydrogen) atoms. The molecule has 1 aliphatic heterocycles. The minimum Gasteiger partial charge on any atom is -0.467 e. The first-order valence-corrected chi connectivity index (χ1v) is 8.57. The second-order valence-electron chi connectivity index (χ2n) is 4.19. The van der Waals surface area contributed by atoms with Crippen LogP contribution in [0, 0.1) is 6.92 Å². The number of ether oxygens (including phenoxy) is 1. The van der Waals surface area contributed by atoms with Crippen molar-refractivity contribution >= 4 is 39.4 Å². The van der Waals surface area contributed by atoms with E-state index < -0.39 is 21.4 Å². The summed E-state index contributed by atoms with van der Waals surface area (Å²) in [4.78, 5) is 11.6. The molecule has 1 fully saturated rings. The molecule has 0 radical (unpaired) electrons. The van der Waals surface area contributed by atoms with E-state index in [2.05, 4.69) is 9.84 Å². The lowest BCUT2D eigenvalue weighted by atomic mass is 10.5. The molecule has 1 aliphatic rings. The summed E-state index contributed by atoms with van der Waals surface area (Å²) in [6, 6.07) is 0. The lowest BCUT2D eigenvalue weighted by Crippen LogP contribution is -2.40. The molecular formula is C10H14ClN3O4S2. The van der Waals surface area contributed by atoms with E-state index >= 15 is 0 Å². The van der Waals surface area contributed by atoms with E-state index in [0.29, 0.717) is 11.4 Å². The maximum Gasteiger partial charge on any atom is 0.334 e. The molecule has 1 aromatic heterocycles. The number of carbonyl (C=O) groups excluding carboxylic acids is 1. The van der Waals surface area contributed by atoms with E-state index in [1.807, 2.05) is 0 Å². The number of thioether (sulfide) groups is 1. The van der Waals surface area contributed by atoms with Gasteiger partial charge in [-0.25, -0.2) is 13.2 Å². The molecule has 112 valence electrons. The van der Waals surface area contributed by atoms with Gasteiger partial charge in [0.2, 0.25) is 10.0 Å². The van der Waals surface area contributed by atoms with Gasteiger partial charge in [-0.3, -0.25) is 4.68 Å². The standard InChI is InChI=1S/C10H14ClN3O4S2/c1-6-7(8(11)13(2)12-6)20(16,17)14-4-5-19-9(14)10(15)18-3/h9H,4-5H2,1-3H3. The Balaban J connectivity index is 2.47. The minimum absolute atomic E-state index is 0.0306. The summed E-state index contributed by atoms with van der Waals surface area (Å²) in [5.74, 6) is -0.0654. The largest absolute Gasteiger partial charge is 0.467 e. The van der Waals surface area contributed by atoms with Crippen molar-refractivity contribution in [1.82, 2.24) is 14.1 Å². The number of esters is 1. The Morgan fingerprint density at radius 2 is 2.20 bits per heavy atom. The number of carbonyl (C=O) groups is 1. The zero-order valence-corrected chi connectivity index (χ0v) is 13.5. The van der Waals surface area contributed by atoms with Crippen molar-refractivity contribution in [2.45, 2.75) is 17.2 Å². The molecule has 0 saturated carbocycles. The normalized spacial score (nSPS) is 20.3. The SMILES string of the molecule is COC(=O)C1SCCN1S(=O)(=O)c1c(C)nn(C)c1Cl. The number of nitrogens with zero attached hydrogens (tertiary/aromatic N) is 3. The quantitative estimate of drug-likeness (QED) is 0.751. The smallest absolute Gasteiger partial charge is 0.334 e. The lowest BCUT2D eigenvalue weighted by molar-refractivity contribution is -0.141. The summed E-state index contributed by atoms with van der Waals surface area (Å²) in [5.41, 5.74) is 0.304. The molecule has 1 unspecified atom stereocenters. The van der Waals surface area contributed by atoms with Crippen LogP contribution >= 0.6 is 23.4 Å². The molecule has 0 aliphatic carbocycles. The molecule has 0 N–H and O–H groups in total. The third-order valence-corrected chi connectivity index (χ3v) is 6.79. The van der Waals surface area contributed by atoms with Crippen molar-refractivity contribution in [3.05, 3.63) is 10.8 Å². The number of sulfonamides is 1. The van der Waals surface area contributed by atoms with Gasteiger partial charge >= 0.3 is 5.97 Å². The first kappa shape index (κ1) is 15.6. The van der Waals surface area contributed by atoms with Crippen molar-refractivity contribution in [3.63, 3.8) is 0 Å². The number of aryl methyl sites for hydroxylation is 2. The van der Waals surface area contributed by atoms with Crippen molar-refractivity contribution in [1.29, 1.82) is 0 Å². The van der Waals surface area contributed by atoms with Gasteiger partial charge in [0.05, 0.1) is 12.8 Å². The van der Waals surface area contributed by atoms with E-state index in [1.165, 1.54) is 23.6 Å². The highest BCUT2D eigenvalue weighted by Crippen LogP contribution is 2.34. The average Bonchev–Trinajstić information content (AvgIpc) is 2.95. The number of methoxy groups -OCH3 is 1. The molecular weight excluding hydrogens is 326 g/mol. The average molecular weight is 340 g/mol. The number of hydrogen-bond donors (Lipinski definition) is 0. The molecule has 2 heterocycles. The van der Waals surface area contributed by atoms with Gasteiger partial charge in [-0.1, -0.05) is 11.6 Å². The van der Waals surface area contributed by atoms with E-state index in [9.17, 15) is 13.2 Å². The molecule has 7 nitrogen and oxygen atoms in total. The van der Waals surface area contributed by atoms with Gasteiger partial charge in [-0.2, -0.15) is 9.40 Å². The van der Waals surface area contributed by atoms with Crippen LogP contribution in [0.4, 0.5) is 0 Å². The molecule has 1 saturated heterocycles. The topological polar surface area (TPSA) is 81.5 Å². The van der Waals surface area contributed by atoms with Crippen LogP contribution in [0.1, 0.15) is 5.69 Å². The van der Waals surface area contributed by atoms with Crippen molar-refractivity contribution in [2.75, 3.05) is 19.4 Å². The third-order valence-electron chi connectivity index (χ3n) is 2.92. The maximum atomic E-state index is 12.7. The Bertz CT molecular complexity index is 643. The highest BCUT2D eigenvalue weighted by atomic mass is 35.5. The maximum absolute atomic E-state index is 12.7. The summed E-state index contributed by atoms with van der Waals surface area (Å²) in [5, 5.41) is 3.15. The van der Waals surface area contributed by atoms with Crippen LogP contribution in [0.5, 0.6) is 0 Å². The number of halogens is 1. The lowest BCUT2D eigenvalue weighted by Gasteiger charge is -2.21. The Hall–Kier alpha value is -0.770. The Morgan fingerprint density at radius 3 is 2.70 bits per heavy atom. The van der Waals surface area contributed by atoms with Gasteiger partial charge in [0.25, 0.3) is 0 Å². The zero-order chi connectivity index (χ0) is 15.1. The molecule has 0 spiro atoms. The fourth-order valence-electron chi connectivity index (χ4n) is 2.01. The fraction of sp³-hybridized carbons (Fsp3) is 0.600. The number of hydrogen-bond acceptors (Lipinski definition) is 6. The molecule has 1 atom stereocenters. The Kier molecular flexibility index (Phi) is 4.33. The highest BCUT2D eigenvalue weighted by molar-refractivity contribution is 8.02. The van der Waals surface area contributed by atoms with Crippen LogP contribution in [0.25, 0.3) is 0 Å². The van der Waals surface area contributed by atoms with Crippen LogP contribution < -0.4 is 0 Å². The van der Waals surface area contributed by atoms with Gasteiger partial charge in [-0.05, 0) is 6.92 Å². The van der Waals surface area contributed by atoms with Crippen LogP contribution in [0.15, 0.2) is 4.90 Å². The van der Waals surface area contributed by atoms with E-state index in [0.717, 1.165) is 4.31 Å². The second-order valence-corrected chi connectivity index (χ2v) is 7.56. The van der Waals surface area contributed by atoms with Crippen molar-refractivity contribution < 1.29 is 17.9 Å². The molecule has 10 heteroatoms. The number of aromatic nitrogens is 2. The second kappa shape index (κ2) is 5.55. The molecule has 0 amide bonds. The van der Waals surface area contributed by atoms with Crippen LogP contribution in [0.2, 0.25) is 5.15 Å². The summed E-state index contributed by atoms with van der Waals surface area (Å²) < 4.78 is 32.4. The summed E-state index contributed by atoms with van der Waals surface area (Å²) in [6.07, 6.45) is 0. The number of rotatable bonds is 3. The Morgan fingerprint density at radius 1 is 1.55 bits per heavy atom. The molecule has 2 rings (SSSR count). The summed E-state index contributed by atoms with van der Waals surface area (Å²) in [7, 11) is -1.10. The van der Waals surface area contributed by atoms with Gasteiger partial charge in [0.1, 0.15) is 10.0 Å². The monoisotopic (exact) mass is 339 g/mol. The van der Waals surface area contributed by atoms with Crippen LogP contribution in [-0.2, 0) is 26.6 Å². The van der Waals surface area contributed by atoms with Crippen molar-refractivity contribution in [3.8, 4) is 0 Å². The zero-order valence-electron chi connectivity index (χ0n) is 11.2. The van der Waals surface area contributed by atoms with Crippen LogP contribution in [-0.4, -0.2) is 53.3 Å². The van der Waals surface area contributed by atoms with Gasteiger partial charge in [-0.15, -0.1) is 11.8 Å². The van der Waals surface area contributed by atoms with Crippen molar-refractivity contribution in [2.24, 2.45) is 7.05 Å². The summed E-state index contributed by atoms with van der Waals surface area (Å²) >= 11 is 7.23. The predicted molar refractivity (Wildman–Crippen MR) is 75.1 cm³/mol. The molecule has 0 aromatic carbocycles. The van der Waals surface area contributed by atoms with Gasteiger partial charge < -0.3 is 4.74 Å². The third kappa shape index (κ3) is 2.43. The molecule has 1 aromatic rings. The first-order chi connectivity index (χ1) is 9.30. The van der Waals surface area contributed by atoms with Gasteiger partial charge in [0.15, 0.2) is 5.37 Å². The van der Waals surface area contributed by atoms with Crippen LogP contribution in [0.3, 0.4) is 0 Å².